The van der Waals surface area contributed by atoms with E-state index in [-0.39, 0.29) is 17.9 Å². The number of hydrogen-bond acceptors (Lipinski definition) is 5. The van der Waals surface area contributed by atoms with Crippen molar-refractivity contribution in [2.24, 2.45) is 11.8 Å². The predicted molar refractivity (Wildman–Crippen MR) is 150 cm³/mol. The molecule has 1 fully saturated rings. The summed E-state index contributed by atoms with van der Waals surface area (Å²) in [7, 11) is 0. The Balaban J connectivity index is 1.92. The molecule has 1 aliphatic heterocycles. The van der Waals surface area contributed by atoms with E-state index in [1.165, 1.54) is 89.9 Å². The average Bonchev–Trinajstić information content (AvgIpc) is 2.87. The van der Waals surface area contributed by atoms with Crippen LogP contribution in [-0.2, 0) is 19.3 Å². The summed E-state index contributed by atoms with van der Waals surface area (Å²) in [4.78, 5) is 33.9. The Labute approximate surface area is 229 Å². The Bertz CT molecular complexity index is 548. The zero-order valence-corrected chi connectivity index (χ0v) is 24.8. The number of unbranched alkanes of at least 4 members (excludes halogenated alkanes) is 16. The molecule has 0 radical (unpaired) electrons. The second-order valence-corrected chi connectivity index (χ2v) is 11.3. The molecule has 0 aromatic carbocycles. The van der Waals surface area contributed by atoms with E-state index in [9.17, 15) is 9.59 Å². The van der Waals surface area contributed by atoms with Crippen LogP contribution in [0.4, 0.5) is 4.79 Å². The zero-order chi connectivity index (χ0) is 26.3. The van der Waals surface area contributed by atoms with Crippen LogP contribution in [0.15, 0.2) is 0 Å². The Morgan fingerprint density at radius 2 is 1.33 bits per heavy atom. The number of hydrogen-bond donors (Lipinski definition) is 1. The molecule has 0 aromatic rings. The lowest BCUT2D eigenvalue weighted by atomic mass is 9.82. The third kappa shape index (κ3) is 16.8. The van der Waals surface area contributed by atoms with Crippen LogP contribution >= 0.6 is 15.9 Å². The molecule has 0 aromatic heterocycles. The highest BCUT2D eigenvalue weighted by Gasteiger charge is 2.40. The molecule has 1 heterocycles. The van der Waals surface area contributed by atoms with Gasteiger partial charge in [0.15, 0.2) is 0 Å². The van der Waals surface area contributed by atoms with Crippen molar-refractivity contribution in [3.05, 3.63) is 0 Å². The molecule has 6 nitrogen and oxygen atoms in total. The Morgan fingerprint density at radius 1 is 0.806 bits per heavy atom. The summed E-state index contributed by atoms with van der Waals surface area (Å²) < 4.78 is 5.41. The van der Waals surface area contributed by atoms with E-state index < -0.39 is 12.1 Å². The highest BCUT2D eigenvalue weighted by Crippen LogP contribution is 2.32. The quantitative estimate of drug-likeness (QED) is 0.0570. The number of nitrogens with one attached hydrogen (secondary N) is 1. The van der Waals surface area contributed by atoms with Gasteiger partial charge in [-0.3, -0.25) is 0 Å². The lowest BCUT2D eigenvalue weighted by Gasteiger charge is -2.38. The van der Waals surface area contributed by atoms with Gasteiger partial charge in [-0.15, -0.1) is 0 Å². The topological polar surface area (TPSA) is 73.9 Å². The van der Waals surface area contributed by atoms with Gasteiger partial charge in [-0.2, -0.15) is 0 Å². The summed E-state index contributed by atoms with van der Waals surface area (Å²) >= 11 is 3.42. The number of carbonyl (C=O) groups is 2. The van der Waals surface area contributed by atoms with E-state index in [1.54, 1.807) is 0 Å². The Kier molecular flexibility index (Phi) is 21.5. The van der Waals surface area contributed by atoms with Gasteiger partial charge < -0.3 is 10.1 Å². The van der Waals surface area contributed by atoms with Crippen LogP contribution in [0.25, 0.3) is 0 Å². The monoisotopic (exact) mass is 575 g/mol. The van der Waals surface area contributed by atoms with Crippen molar-refractivity contribution in [1.29, 1.82) is 0 Å². The molecular weight excluding hydrogens is 522 g/mol. The number of halogens is 1. The molecule has 1 amide bonds. The number of alkyl halides is 1. The van der Waals surface area contributed by atoms with Crippen LogP contribution in [0.1, 0.15) is 136 Å². The fourth-order valence-electron chi connectivity index (χ4n) is 4.84. The number of amides is 1. The molecule has 0 aliphatic carbocycles. The molecular formula is C29H54BrNO5. The van der Waals surface area contributed by atoms with Crippen LogP contribution in [0.3, 0.4) is 0 Å². The lowest BCUT2D eigenvalue weighted by molar-refractivity contribution is -0.245. The van der Waals surface area contributed by atoms with E-state index >= 15 is 0 Å². The van der Waals surface area contributed by atoms with Crippen LogP contribution in [0.5, 0.6) is 0 Å². The zero-order valence-electron chi connectivity index (χ0n) is 23.2. The molecule has 0 bridgehead atoms. The molecule has 36 heavy (non-hydrogen) atoms. The summed E-state index contributed by atoms with van der Waals surface area (Å²) in [6.45, 7) is 5.33. The minimum absolute atomic E-state index is 0.0373. The number of carbonyl (C=O) groups excluding carboxylic acids is 2. The molecule has 7 heteroatoms. The van der Waals surface area contributed by atoms with E-state index in [2.05, 4.69) is 28.2 Å². The standard InChI is InChI=1S/C29H54BrNO5/c1-3-4-5-6-7-8-9-10-11-12-13-14-15-16-17-20-23-31-29(33)36-35-28(32)26(21-18-19-22-30)27-24-34-25(27)2/h25-27H,3-24H2,1-2H3,(H,31,33). The van der Waals surface area contributed by atoms with Gasteiger partial charge in [-0.05, 0) is 26.2 Å². The van der Waals surface area contributed by atoms with Crippen molar-refractivity contribution < 1.29 is 24.1 Å². The molecule has 3 atom stereocenters. The van der Waals surface area contributed by atoms with Crippen LogP contribution < -0.4 is 5.32 Å². The van der Waals surface area contributed by atoms with Crippen molar-refractivity contribution in [2.75, 3.05) is 18.5 Å². The molecule has 0 saturated carbocycles. The van der Waals surface area contributed by atoms with E-state index in [1.807, 2.05) is 6.92 Å². The summed E-state index contributed by atoms with van der Waals surface area (Å²) in [6.07, 6.45) is 23.1. The van der Waals surface area contributed by atoms with Crippen molar-refractivity contribution in [1.82, 2.24) is 5.32 Å². The van der Waals surface area contributed by atoms with Gasteiger partial charge in [0, 0.05) is 17.8 Å². The fourth-order valence-corrected chi connectivity index (χ4v) is 5.24. The first-order valence-corrected chi connectivity index (χ1v) is 16.1. The number of rotatable bonds is 23. The SMILES string of the molecule is CCCCCCCCCCCCCCCCCCNC(=O)OOC(=O)C(CCCCBr)C1COC1C. The predicted octanol–water partition coefficient (Wildman–Crippen LogP) is 8.65. The second kappa shape index (κ2) is 23.3. The maximum Gasteiger partial charge on any atom is 0.450 e. The van der Waals surface area contributed by atoms with Crippen molar-refractivity contribution in [3.63, 3.8) is 0 Å². The van der Waals surface area contributed by atoms with Gasteiger partial charge in [0.2, 0.25) is 0 Å². The normalized spacial score (nSPS) is 17.9. The summed E-state index contributed by atoms with van der Waals surface area (Å²) in [5.41, 5.74) is 0. The van der Waals surface area contributed by atoms with Crippen molar-refractivity contribution in [2.45, 2.75) is 142 Å². The largest absolute Gasteiger partial charge is 0.450 e. The van der Waals surface area contributed by atoms with Crippen molar-refractivity contribution >= 4 is 28.0 Å². The highest BCUT2D eigenvalue weighted by molar-refractivity contribution is 9.09. The molecule has 1 rings (SSSR count). The maximum absolute atomic E-state index is 12.5. The van der Waals surface area contributed by atoms with Crippen LogP contribution in [0, 0.1) is 11.8 Å². The fraction of sp³-hybridized carbons (Fsp3) is 0.931. The summed E-state index contributed by atoms with van der Waals surface area (Å²) in [5, 5.41) is 3.58. The molecule has 0 spiro atoms. The van der Waals surface area contributed by atoms with Gasteiger partial charge >= 0.3 is 12.1 Å². The number of ether oxygens (including phenoxy) is 1. The van der Waals surface area contributed by atoms with Gasteiger partial charge in [-0.25, -0.2) is 19.4 Å². The van der Waals surface area contributed by atoms with Gasteiger partial charge in [0.1, 0.15) is 0 Å². The third-order valence-electron chi connectivity index (χ3n) is 7.37. The van der Waals surface area contributed by atoms with Gasteiger partial charge in [0.25, 0.3) is 0 Å². The minimum atomic E-state index is -0.693. The van der Waals surface area contributed by atoms with Gasteiger partial charge in [0.05, 0.1) is 18.6 Å². The highest BCUT2D eigenvalue weighted by atomic mass is 79.9. The molecule has 1 saturated heterocycles. The molecule has 1 aliphatic rings. The van der Waals surface area contributed by atoms with E-state index in [4.69, 9.17) is 14.5 Å². The summed E-state index contributed by atoms with van der Waals surface area (Å²) in [6, 6.07) is 0. The first-order valence-electron chi connectivity index (χ1n) is 14.9. The first kappa shape index (κ1) is 33.2. The van der Waals surface area contributed by atoms with Gasteiger partial charge in [-0.1, -0.05) is 126 Å². The second-order valence-electron chi connectivity index (χ2n) is 10.5. The van der Waals surface area contributed by atoms with E-state index in [0.717, 1.165) is 31.0 Å². The third-order valence-corrected chi connectivity index (χ3v) is 7.93. The molecule has 212 valence electrons. The van der Waals surface area contributed by atoms with Crippen LogP contribution in [-0.4, -0.2) is 36.6 Å². The molecule has 3 unspecified atom stereocenters. The lowest BCUT2D eigenvalue weighted by Crippen LogP contribution is -2.45. The minimum Gasteiger partial charge on any atom is -0.378 e. The van der Waals surface area contributed by atoms with Crippen molar-refractivity contribution in [3.8, 4) is 0 Å². The summed E-state index contributed by atoms with van der Waals surface area (Å²) in [5.74, 6) is -0.632. The Hall–Kier alpha value is -0.820. The first-order chi connectivity index (χ1) is 17.6. The van der Waals surface area contributed by atoms with Crippen LogP contribution in [0.2, 0.25) is 0 Å². The van der Waals surface area contributed by atoms with E-state index in [0.29, 0.717) is 19.6 Å². The maximum atomic E-state index is 12.5. The molecule has 1 N–H and O–H groups in total. The Morgan fingerprint density at radius 3 is 1.78 bits per heavy atom. The smallest absolute Gasteiger partial charge is 0.378 e. The average molecular weight is 577 g/mol.